The van der Waals surface area contributed by atoms with E-state index in [1.807, 2.05) is 45.9 Å². The Labute approximate surface area is 159 Å². The van der Waals surface area contributed by atoms with Gasteiger partial charge < -0.3 is 15.7 Å². The molecule has 2 heterocycles. The highest BCUT2D eigenvalue weighted by molar-refractivity contribution is 5.83. The lowest BCUT2D eigenvalue weighted by atomic mass is 10.1. The molecule has 0 radical (unpaired) electrons. The van der Waals surface area contributed by atoms with Gasteiger partial charge >= 0.3 is 0 Å². The van der Waals surface area contributed by atoms with E-state index < -0.39 is 0 Å². The van der Waals surface area contributed by atoms with Crippen LogP contribution in [0.4, 0.5) is 11.8 Å². The van der Waals surface area contributed by atoms with E-state index in [0.29, 0.717) is 29.5 Å². The fraction of sp³-hybridized carbons (Fsp3) is 0.474. The van der Waals surface area contributed by atoms with Crippen molar-refractivity contribution in [1.29, 1.82) is 0 Å². The van der Waals surface area contributed by atoms with Crippen LogP contribution in [0, 0.1) is 5.92 Å². The molecular formula is C19H27N7O. The monoisotopic (exact) mass is 369 g/mol. The largest absolute Gasteiger partial charge is 0.394 e. The Hall–Kier alpha value is -2.74. The molecule has 3 N–H and O–H groups in total. The van der Waals surface area contributed by atoms with E-state index in [-0.39, 0.29) is 24.6 Å². The molecule has 27 heavy (non-hydrogen) atoms. The number of aliphatic hydroxyl groups excluding tert-OH is 1. The molecular weight excluding hydrogens is 342 g/mol. The fourth-order valence-corrected chi connectivity index (χ4v) is 2.74. The molecule has 0 saturated heterocycles. The Kier molecular flexibility index (Phi) is 5.85. The molecule has 0 spiro atoms. The van der Waals surface area contributed by atoms with E-state index in [2.05, 4.69) is 43.0 Å². The van der Waals surface area contributed by atoms with E-state index in [9.17, 15) is 5.11 Å². The minimum Gasteiger partial charge on any atom is -0.394 e. The van der Waals surface area contributed by atoms with Crippen molar-refractivity contribution in [3.63, 3.8) is 0 Å². The van der Waals surface area contributed by atoms with Gasteiger partial charge in [0.05, 0.1) is 18.7 Å². The molecule has 0 fully saturated rings. The van der Waals surface area contributed by atoms with Crippen LogP contribution in [-0.2, 0) is 6.54 Å². The van der Waals surface area contributed by atoms with Crippen molar-refractivity contribution >= 4 is 22.9 Å². The Balaban J connectivity index is 1.96. The van der Waals surface area contributed by atoms with Crippen molar-refractivity contribution in [2.24, 2.45) is 5.92 Å². The van der Waals surface area contributed by atoms with Gasteiger partial charge in [-0.1, -0.05) is 49.4 Å². The number of aromatic nitrogens is 5. The predicted molar refractivity (Wildman–Crippen MR) is 107 cm³/mol. The maximum Gasteiger partial charge on any atom is 0.227 e. The predicted octanol–water partition coefficient (Wildman–Crippen LogP) is 2.84. The molecule has 1 unspecified atom stereocenters. The summed E-state index contributed by atoms with van der Waals surface area (Å²) in [6, 6.07) is 10.1. The van der Waals surface area contributed by atoms with Gasteiger partial charge in [0, 0.05) is 6.54 Å². The summed E-state index contributed by atoms with van der Waals surface area (Å²) >= 11 is 0. The van der Waals surface area contributed by atoms with Crippen LogP contribution in [0.25, 0.3) is 11.2 Å². The second-order valence-corrected chi connectivity index (χ2v) is 7.21. The van der Waals surface area contributed by atoms with E-state index in [0.717, 1.165) is 5.56 Å². The lowest BCUT2D eigenvalue weighted by Crippen LogP contribution is -2.30. The number of fused-ring (bicyclic) bond motifs is 1. The lowest BCUT2D eigenvalue weighted by Gasteiger charge is -2.20. The summed E-state index contributed by atoms with van der Waals surface area (Å²) in [5, 5.41) is 24.7. The molecule has 0 bridgehead atoms. The number of nitrogens with zero attached hydrogens (tertiary/aromatic N) is 5. The van der Waals surface area contributed by atoms with Crippen molar-refractivity contribution in [2.45, 2.75) is 46.3 Å². The average molecular weight is 369 g/mol. The van der Waals surface area contributed by atoms with Gasteiger partial charge in [0.25, 0.3) is 0 Å². The highest BCUT2D eigenvalue weighted by atomic mass is 16.3. The summed E-state index contributed by atoms with van der Waals surface area (Å²) in [6.07, 6.45) is 0. The molecule has 0 aliphatic heterocycles. The Morgan fingerprint density at radius 2 is 1.81 bits per heavy atom. The van der Waals surface area contributed by atoms with Crippen LogP contribution in [-0.4, -0.2) is 42.7 Å². The number of rotatable bonds is 8. The van der Waals surface area contributed by atoms with Crippen LogP contribution >= 0.6 is 0 Å². The summed E-state index contributed by atoms with van der Waals surface area (Å²) in [6.45, 7) is 8.78. The van der Waals surface area contributed by atoms with Gasteiger partial charge in [-0.3, -0.25) is 0 Å². The molecule has 8 heteroatoms. The standard InChI is InChI=1S/C19H27N7O/c1-12(2)15(11-27)21-19-22-17(20-10-14-8-6-5-7-9-14)16-18(23-19)26(13(3)4)25-24-16/h5-9,12-13,15,27H,10-11H2,1-4H3,(H2,20,21,22,23). The van der Waals surface area contributed by atoms with Crippen LogP contribution in [0.5, 0.6) is 0 Å². The van der Waals surface area contributed by atoms with E-state index in [4.69, 9.17) is 0 Å². The van der Waals surface area contributed by atoms with Gasteiger partial charge in [0.1, 0.15) is 0 Å². The summed E-state index contributed by atoms with van der Waals surface area (Å²) in [4.78, 5) is 9.21. The normalized spacial score (nSPS) is 12.7. The second-order valence-electron chi connectivity index (χ2n) is 7.21. The molecule has 2 aromatic heterocycles. The number of benzene rings is 1. The third-order valence-electron chi connectivity index (χ3n) is 4.43. The van der Waals surface area contributed by atoms with Crippen LogP contribution < -0.4 is 10.6 Å². The molecule has 3 rings (SSSR count). The van der Waals surface area contributed by atoms with Gasteiger partial charge in [-0.15, -0.1) is 5.10 Å². The van der Waals surface area contributed by atoms with Gasteiger partial charge in [0.2, 0.25) is 5.95 Å². The highest BCUT2D eigenvalue weighted by Gasteiger charge is 2.19. The Morgan fingerprint density at radius 1 is 1.07 bits per heavy atom. The van der Waals surface area contributed by atoms with Crippen molar-refractivity contribution in [3.8, 4) is 0 Å². The van der Waals surface area contributed by atoms with E-state index >= 15 is 0 Å². The van der Waals surface area contributed by atoms with Gasteiger partial charge in [-0.2, -0.15) is 9.97 Å². The molecule has 0 aliphatic rings. The van der Waals surface area contributed by atoms with Crippen LogP contribution in [0.15, 0.2) is 30.3 Å². The minimum atomic E-state index is -0.132. The van der Waals surface area contributed by atoms with Crippen molar-refractivity contribution < 1.29 is 5.11 Å². The van der Waals surface area contributed by atoms with Crippen molar-refractivity contribution in [3.05, 3.63) is 35.9 Å². The minimum absolute atomic E-state index is 0.00747. The summed E-state index contributed by atoms with van der Waals surface area (Å²) in [5.41, 5.74) is 2.44. The van der Waals surface area contributed by atoms with E-state index in [1.54, 1.807) is 4.68 Å². The third kappa shape index (κ3) is 4.33. The Morgan fingerprint density at radius 3 is 2.44 bits per heavy atom. The SMILES string of the molecule is CC(C)C(CO)Nc1nc(NCc2ccccc2)c2nnn(C(C)C)c2n1. The maximum absolute atomic E-state index is 9.63. The maximum atomic E-state index is 9.63. The number of hydrogen-bond acceptors (Lipinski definition) is 7. The first kappa shape index (κ1) is 19.0. The molecule has 1 atom stereocenters. The average Bonchev–Trinajstić information content (AvgIpc) is 3.09. The van der Waals surface area contributed by atoms with Gasteiger partial charge in [-0.05, 0) is 25.3 Å². The van der Waals surface area contributed by atoms with Gasteiger partial charge in [-0.25, -0.2) is 4.68 Å². The van der Waals surface area contributed by atoms with Crippen LogP contribution in [0.3, 0.4) is 0 Å². The molecule has 1 aromatic carbocycles. The number of aliphatic hydroxyl groups is 1. The zero-order valence-corrected chi connectivity index (χ0v) is 16.2. The van der Waals surface area contributed by atoms with E-state index in [1.165, 1.54) is 0 Å². The number of anilines is 2. The molecule has 0 aliphatic carbocycles. The summed E-state index contributed by atoms with van der Waals surface area (Å²) in [5.74, 6) is 1.32. The summed E-state index contributed by atoms with van der Waals surface area (Å²) < 4.78 is 1.78. The molecule has 0 saturated carbocycles. The molecule has 0 amide bonds. The Bertz CT molecular complexity index is 876. The molecule has 8 nitrogen and oxygen atoms in total. The zero-order chi connectivity index (χ0) is 19.4. The van der Waals surface area contributed by atoms with Crippen molar-refractivity contribution in [1.82, 2.24) is 25.0 Å². The number of hydrogen-bond donors (Lipinski definition) is 3. The zero-order valence-electron chi connectivity index (χ0n) is 16.2. The number of nitrogens with one attached hydrogen (secondary N) is 2. The lowest BCUT2D eigenvalue weighted by molar-refractivity contribution is 0.248. The second kappa shape index (κ2) is 8.30. The first-order valence-electron chi connectivity index (χ1n) is 9.27. The molecule has 3 aromatic rings. The first-order valence-corrected chi connectivity index (χ1v) is 9.27. The summed E-state index contributed by atoms with van der Waals surface area (Å²) in [7, 11) is 0. The third-order valence-corrected chi connectivity index (χ3v) is 4.43. The highest BCUT2D eigenvalue weighted by Crippen LogP contribution is 2.23. The van der Waals surface area contributed by atoms with Crippen LogP contribution in [0.2, 0.25) is 0 Å². The van der Waals surface area contributed by atoms with Crippen LogP contribution in [0.1, 0.15) is 39.3 Å². The quantitative estimate of drug-likeness (QED) is 0.561. The smallest absolute Gasteiger partial charge is 0.227 e. The van der Waals surface area contributed by atoms with Crippen molar-refractivity contribution in [2.75, 3.05) is 17.2 Å². The fourth-order valence-electron chi connectivity index (χ4n) is 2.74. The van der Waals surface area contributed by atoms with Gasteiger partial charge in [0.15, 0.2) is 17.0 Å². The topological polar surface area (TPSA) is 101 Å². The first-order chi connectivity index (χ1) is 13.0. The molecule has 144 valence electrons.